The van der Waals surface area contributed by atoms with Crippen LogP contribution < -0.4 is 15.6 Å². The van der Waals surface area contributed by atoms with E-state index in [0.717, 1.165) is 0 Å². The number of nitrogens with zero attached hydrogens (tertiary/aromatic N) is 2. The monoisotopic (exact) mass is 231 g/mol. The number of rotatable bonds is 3. The molecule has 0 saturated carbocycles. The van der Waals surface area contributed by atoms with Gasteiger partial charge < -0.3 is 10.1 Å². The maximum atomic E-state index is 11.9. The molecule has 88 valence electrons. The lowest BCUT2D eigenvalue weighted by atomic mass is 10.3. The lowest BCUT2D eigenvalue weighted by Gasteiger charge is -2.09. The van der Waals surface area contributed by atoms with E-state index in [1.807, 2.05) is 12.1 Å². The topological polar surface area (TPSA) is 56.1 Å². The lowest BCUT2D eigenvalue weighted by molar-refractivity contribution is 0.411. The summed E-state index contributed by atoms with van der Waals surface area (Å²) in [6.45, 7) is 0. The predicted octanol–water partition coefficient (Wildman–Crippen LogP) is 1.28. The van der Waals surface area contributed by atoms with Gasteiger partial charge in [0.2, 0.25) is 0 Å². The number of hydrogen-bond donors (Lipinski definition) is 1. The lowest BCUT2D eigenvalue weighted by Crippen LogP contribution is -2.20. The zero-order valence-corrected chi connectivity index (χ0v) is 9.68. The normalized spacial score (nSPS) is 10.0. The highest BCUT2D eigenvalue weighted by atomic mass is 16.5. The van der Waals surface area contributed by atoms with Crippen LogP contribution in [0, 0.1) is 0 Å². The Kier molecular flexibility index (Phi) is 3.09. The van der Waals surface area contributed by atoms with E-state index < -0.39 is 0 Å². The number of hydrogen-bond acceptors (Lipinski definition) is 4. The summed E-state index contributed by atoms with van der Waals surface area (Å²) in [7, 11) is 3.30. The molecule has 1 N–H and O–H groups in total. The van der Waals surface area contributed by atoms with Crippen LogP contribution in [0.15, 0.2) is 41.3 Å². The minimum atomic E-state index is -0.207. The molecule has 1 aromatic heterocycles. The first kappa shape index (κ1) is 11.2. The Morgan fingerprint density at radius 1 is 1.35 bits per heavy atom. The summed E-state index contributed by atoms with van der Waals surface area (Å²) in [5.41, 5.74) is 1.10. The molecule has 5 heteroatoms. The molecule has 0 aliphatic carbocycles. The maximum Gasteiger partial charge on any atom is 0.273 e. The van der Waals surface area contributed by atoms with Crippen LogP contribution in [0.2, 0.25) is 0 Å². The number of benzene rings is 1. The van der Waals surface area contributed by atoms with Gasteiger partial charge in [0.25, 0.3) is 5.56 Å². The molecule has 0 atom stereocenters. The van der Waals surface area contributed by atoms with Crippen LogP contribution in [-0.4, -0.2) is 23.9 Å². The Bertz CT molecular complexity index is 578. The van der Waals surface area contributed by atoms with E-state index in [1.54, 1.807) is 32.5 Å². The smallest absolute Gasteiger partial charge is 0.273 e. The summed E-state index contributed by atoms with van der Waals surface area (Å²) in [5.74, 6) is 0.610. The average Bonchev–Trinajstić information content (AvgIpc) is 2.38. The first-order valence-electron chi connectivity index (χ1n) is 5.17. The molecule has 0 amide bonds. The molecule has 0 radical (unpaired) electrons. The van der Waals surface area contributed by atoms with E-state index in [9.17, 15) is 4.79 Å². The van der Waals surface area contributed by atoms with Gasteiger partial charge in [-0.05, 0) is 12.1 Å². The zero-order chi connectivity index (χ0) is 12.3. The Hall–Kier alpha value is -2.30. The van der Waals surface area contributed by atoms with Gasteiger partial charge in [0.1, 0.15) is 11.4 Å². The summed E-state index contributed by atoms with van der Waals surface area (Å²) in [4.78, 5) is 11.9. The SMILES string of the molecule is CNc1cnn(-c2ccccc2OC)c(=O)c1. The van der Waals surface area contributed by atoms with Crippen molar-refractivity contribution in [2.75, 3.05) is 19.5 Å². The van der Waals surface area contributed by atoms with Crippen molar-refractivity contribution < 1.29 is 4.74 Å². The fourth-order valence-electron chi connectivity index (χ4n) is 1.53. The number of anilines is 1. The molecule has 0 spiro atoms. The Labute approximate surface area is 98.7 Å². The fourth-order valence-corrected chi connectivity index (χ4v) is 1.53. The molecule has 1 aromatic carbocycles. The van der Waals surface area contributed by atoms with Gasteiger partial charge in [0.05, 0.1) is 19.0 Å². The van der Waals surface area contributed by atoms with Crippen molar-refractivity contribution in [1.82, 2.24) is 9.78 Å². The highest BCUT2D eigenvalue weighted by molar-refractivity contribution is 5.47. The highest BCUT2D eigenvalue weighted by Gasteiger charge is 2.07. The Morgan fingerprint density at radius 2 is 2.12 bits per heavy atom. The molecular formula is C12H13N3O2. The molecule has 0 aliphatic rings. The van der Waals surface area contributed by atoms with Gasteiger partial charge in [-0.15, -0.1) is 0 Å². The molecule has 0 bridgehead atoms. The van der Waals surface area contributed by atoms with Gasteiger partial charge in [0.15, 0.2) is 0 Å². The van der Waals surface area contributed by atoms with E-state index in [1.165, 1.54) is 10.7 Å². The van der Waals surface area contributed by atoms with Gasteiger partial charge in [-0.25, -0.2) is 0 Å². The molecule has 2 rings (SSSR count). The second-order valence-corrected chi connectivity index (χ2v) is 3.42. The van der Waals surface area contributed by atoms with Crippen molar-refractivity contribution in [3.05, 3.63) is 46.9 Å². The maximum absolute atomic E-state index is 11.9. The molecule has 5 nitrogen and oxygen atoms in total. The second kappa shape index (κ2) is 4.69. The molecule has 0 aliphatic heterocycles. The van der Waals surface area contributed by atoms with E-state index >= 15 is 0 Å². The molecule has 0 saturated heterocycles. The largest absolute Gasteiger partial charge is 0.494 e. The summed E-state index contributed by atoms with van der Waals surface area (Å²) >= 11 is 0. The molecule has 0 unspecified atom stereocenters. The van der Waals surface area contributed by atoms with Crippen molar-refractivity contribution in [1.29, 1.82) is 0 Å². The number of para-hydroxylation sites is 2. The molecule has 2 aromatic rings. The Morgan fingerprint density at radius 3 is 2.76 bits per heavy atom. The minimum Gasteiger partial charge on any atom is -0.494 e. The van der Waals surface area contributed by atoms with Gasteiger partial charge in [-0.2, -0.15) is 9.78 Å². The van der Waals surface area contributed by atoms with E-state index in [0.29, 0.717) is 17.1 Å². The van der Waals surface area contributed by atoms with Gasteiger partial charge >= 0.3 is 0 Å². The third-order valence-electron chi connectivity index (χ3n) is 2.40. The van der Waals surface area contributed by atoms with Crippen molar-refractivity contribution in [3.63, 3.8) is 0 Å². The summed E-state index contributed by atoms with van der Waals surface area (Å²) in [5, 5.41) is 6.96. The third kappa shape index (κ3) is 2.13. The minimum absolute atomic E-state index is 0.207. The van der Waals surface area contributed by atoms with Crippen molar-refractivity contribution in [2.45, 2.75) is 0 Å². The van der Waals surface area contributed by atoms with Gasteiger partial charge in [0, 0.05) is 13.1 Å². The zero-order valence-electron chi connectivity index (χ0n) is 9.68. The summed E-state index contributed by atoms with van der Waals surface area (Å²) < 4.78 is 6.50. The van der Waals surface area contributed by atoms with Crippen molar-refractivity contribution in [3.8, 4) is 11.4 Å². The number of aromatic nitrogens is 2. The molecule has 0 fully saturated rings. The average molecular weight is 231 g/mol. The summed E-state index contributed by atoms with van der Waals surface area (Å²) in [6.07, 6.45) is 1.59. The van der Waals surface area contributed by atoms with E-state index in [4.69, 9.17) is 4.74 Å². The van der Waals surface area contributed by atoms with Gasteiger partial charge in [-0.3, -0.25) is 4.79 Å². The van der Waals surface area contributed by atoms with Crippen LogP contribution in [0.3, 0.4) is 0 Å². The number of methoxy groups -OCH3 is 1. The number of ether oxygens (including phenoxy) is 1. The van der Waals surface area contributed by atoms with Crippen LogP contribution in [-0.2, 0) is 0 Å². The molecular weight excluding hydrogens is 218 g/mol. The standard InChI is InChI=1S/C12H13N3O2/c1-13-9-7-12(16)15(14-8-9)10-5-3-4-6-11(10)17-2/h3-8,13H,1-2H3. The highest BCUT2D eigenvalue weighted by Crippen LogP contribution is 2.19. The first-order chi connectivity index (χ1) is 8.26. The van der Waals surface area contributed by atoms with Gasteiger partial charge in [-0.1, -0.05) is 12.1 Å². The van der Waals surface area contributed by atoms with Crippen LogP contribution >= 0.6 is 0 Å². The fraction of sp³-hybridized carbons (Fsp3) is 0.167. The quantitative estimate of drug-likeness (QED) is 0.864. The first-order valence-corrected chi connectivity index (χ1v) is 5.17. The van der Waals surface area contributed by atoms with E-state index in [2.05, 4.69) is 10.4 Å². The molecule has 1 heterocycles. The van der Waals surface area contributed by atoms with Crippen LogP contribution in [0.4, 0.5) is 5.69 Å². The van der Waals surface area contributed by atoms with E-state index in [-0.39, 0.29) is 5.56 Å². The number of nitrogens with one attached hydrogen (secondary N) is 1. The van der Waals surface area contributed by atoms with Crippen LogP contribution in [0.25, 0.3) is 5.69 Å². The molecule has 17 heavy (non-hydrogen) atoms. The van der Waals surface area contributed by atoms with Crippen LogP contribution in [0.5, 0.6) is 5.75 Å². The third-order valence-corrected chi connectivity index (χ3v) is 2.40. The van der Waals surface area contributed by atoms with Crippen molar-refractivity contribution >= 4 is 5.69 Å². The Balaban J connectivity index is 2.57. The second-order valence-electron chi connectivity index (χ2n) is 3.42. The summed E-state index contributed by atoms with van der Waals surface area (Å²) in [6, 6.07) is 8.73. The van der Waals surface area contributed by atoms with Crippen molar-refractivity contribution in [2.24, 2.45) is 0 Å². The predicted molar refractivity (Wildman–Crippen MR) is 65.9 cm³/mol. The van der Waals surface area contributed by atoms with Crippen LogP contribution in [0.1, 0.15) is 0 Å².